The zero-order valence-electron chi connectivity index (χ0n) is 7.37. The number of hydroxylamine groups is 2. The Morgan fingerprint density at radius 3 is 2.27 bits per heavy atom. The minimum atomic E-state index is -0.639. The topological polar surface area (TPSA) is 49.8 Å². The summed E-state index contributed by atoms with van der Waals surface area (Å²) < 4.78 is 0. The van der Waals surface area contributed by atoms with Crippen molar-refractivity contribution in [3.8, 4) is 0 Å². The molecule has 0 bridgehead atoms. The molecule has 0 aliphatic rings. The molecular weight excluding hydrogens is 146 g/mol. The van der Waals surface area contributed by atoms with Gasteiger partial charge >= 0.3 is 0 Å². The maximum absolute atomic E-state index is 11.2. The Morgan fingerprint density at radius 2 is 2.00 bits per heavy atom. The minimum absolute atomic E-state index is 0.220. The number of hydrogen-bond acceptors (Lipinski definition) is 3. The second-order valence-corrected chi connectivity index (χ2v) is 2.55. The molecule has 0 aliphatic carbocycles. The molecule has 0 radical (unpaired) electrons. The Hall–Kier alpha value is -0.610. The molecule has 0 aromatic rings. The first kappa shape index (κ1) is 10.4. The lowest BCUT2D eigenvalue weighted by molar-refractivity contribution is -0.175. The van der Waals surface area contributed by atoms with Gasteiger partial charge in [0.2, 0.25) is 0 Å². The van der Waals surface area contributed by atoms with Gasteiger partial charge in [0.05, 0.1) is 19.1 Å². The van der Waals surface area contributed by atoms with E-state index < -0.39 is 12.0 Å². The zero-order chi connectivity index (χ0) is 9.02. The molecule has 1 amide bonds. The van der Waals surface area contributed by atoms with Gasteiger partial charge in [0.1, 0.15) is 0 Å². The van der Waals surface area contributed by atoms with E-state index in [2.05, 4.69) is 4.84 Å². The van der Waals surface area contributed by atoms with Gasteiger partial charge in [-0.05, 0) is 6.92 Å². The third-order valence-electron chi connectivity index (χ3n) is 1.70. The lowest BCUT2D eigenvalue weighted by Crippen LogP contribution is -2.35. The van der Waals surface area contributed by atoms with E-state index in [1.807, 2.05) is 0 Å². The van der Waals surface area contributed by atoms with Crippen LogP contribution in [0.15, 0.2) is 0 Å². The predicted octanol–water partition coefficient (Wildman–Crippen LogP) is 0.0231. The highest BCUT2D eigenvalue weighted by molar-refractivity contribution is 5.77. The molecule has 0 saturated heterocycles. The highest BCUT2D eigenvalue weighted by atomic mass is 16.7. The Bertz CT molecular complexity index is 136. The molecule has 0 saturated carbocycles. The van der Waals surface area contributed by atoms with Gasteiger partial charge in [-0.15, -0.1) is 0 Å². The van der Waals surface area contributed by atoms with E-state index in [9.17, 15) is 4.79 Å². The van der Waals surface area contributed by atoms with Crippen LogP contribution in [0.4, 0.5) is 0 Å². The van der Waals surface area contributed by atoms with Crippen LogP contribution < -0.4 is 0 Å². The van der Waals surface area contributed by atoms with Gasteiger partial charge in [0.25, 0.3) is 5.91 Å². The first-order chi connectivity index (χ1) is 5.00. The lowest BCUT2D eigenvalue weighted by Gasteiger charge is -2.20. The summed E-state index contributed by atoms with van der Waals surface area (Å²) in [4.78, 5) is 15.8. The molecule has 11 heavy (non-hydrogen) atoms. The molecule has 1 N–H and O–H groups in total. The van der Waals surface area contributed by atoms with Crippen molar-refractivity contribution in [2.45, 2.75) is 20.0 Å². The summed E-state index contributed by atoms with van der Waals surface area (Å²) >= 11 is 0. The number of carbonyl (C=O) groups is 1. The summed E-state index contributed by atoms with van der Waals surface area (Å²) in [6.07, 6.45) is -0.639. The van der Waals surface area contributed by atoms with Gasteiger partial charge in [-0.25, -0.2) is 5.06 Å². The summed E-state index contributed by atoms with van der Waals surface area (Å²) in [5, 5.41) is 10.1. The van der Waals surface area contributed by atoms with Crippen LogP contribution >= 0.6 is 0 Å². The Kier molecular flexibility index (Phi) is 4.07. The highest BCUT2D eigenvalue weighted by Gasteiger charge is 2.21. The summed E-state index contributed by atoms with van der Waals surface area (Å²) in [6.45, 7) is 3.23. The summed E-state index contributed by atoms with van der Waals surface area (Å²) in [7, 11) is 2.92. The van der Waals surface area contributed by atoms with Gasteiger partial charge in [-0.2, -0.15) is 0 Å². The summed E-state index contributed by atoms with van der Waals surface area (Å²) in [5.41, 5.74) is 0. The van der Waals surface area contributed by atoms with Crippen LogP contribution in [-0.4, -0.2) is 36.3 Å². The molecule has 0 aromatic carbocycles. The second-order valence-electron chi connectivity index (χ2n) is 2.55. The number of hydrogen-bond donors (Lipinski definition) is 1. The largest absolute Gasteiger partial charge is 0.393 e. The van der Waals surface area contributed by atoms with Crippen LogP contribution in [0.3, 0.4) is 0 Å². The van der Waals surface area contributed by atoms with Crippen LogP contribution in [0.5, 0.6) is 0 Å². The maximum atomic E-state index is 11.2. The van der Waals surface area contributed by atoms with E-state index in [-0.39, 0.29) is 5.91 Å². The summed E-state index contributed by atoms with van der Waals surface area (Å²) in [6, 6.07) is 0. The molecule has 0 spiro atoms. The number of carbonyl (C=O) groups excluding carboxylic acids is 1. The molecular formula is C7H15NO3. The zero-order valence-corrected chi connectivity index (χ0v) is 7.37. The van der Waals surface area contributed by atoms with Gasteiger partial charge in [0.15, 0.2) is 0 Å². The fraction of sp³-hybridized carbons (Fsp3) is 0.857. The van der Waals surface area contributed by atoms with Crippen molar-refractivity contribution in [3.63, 3.8) is 0 Å². The average molecular weight is 161 g/mol. The average Bonchev–Trinajstić information content (AvgIpc) is 2.00. The van der Waals surface area contributed by atoms with E-state index >= 15 is 0 Å². The summed E-state index contributed by atoms with van der Waals surface area (Å²) in [5.74, 6) is -0.637. The van der Waals surface area contributed by atoms with Crippen LogP contribution in [0.2, 0.25) is 0 Å². The van der Waals surface area contributed by atoms with E-state index in [4.69, 9.17) is 5.11 Å². The monoisotopic (exact) mass is 161 g/mol. The quantitative estimate of drug-likeness (QED) is 0.594. The number of rotatable bonds is 3. The standard InChI is InChI=1S/C7H15NO3/c1-5(6(2)9)7(10)8(3)11-4/h5-6,9H,1-4H3/t5-,6+/m1/s1. The lowest BCUT2D eigenvalue weighted by atomic mass is 10.1. The third-order valence-corrected chi connectivity index (χ3v) is 1.70. The minimum Gasteiger partial charge on any atom is -0.393 e. The molecule has 66 valence electrons. The van der Waals surface area contributed by atoms with Crippen LogP contribution in [-0.2, 0) is 9.63 Å². The Balaban J connectivity index is 4.02. The van der Waals surface area contributed by atoms with Crippen LogP contribution in [0, 0.1) is 5.92 Å². The van der Waals surface area contributed by atoms with Crippen LogP contribution in [0.25, 0.3) is 0 Å². The molecule has 4 nitrogen and oxygen atoms in total. The first-order valence-corrected chi connectivity index (χ1v) is 3.50. The molecule has 0 fully saturated rings. The number of amides is 1. The molecule has 0 unspecified atom stereocenters. The molecule has 0 rings (SSSR count). The second kappa shape index (κ2) is 4.31. The molecule has 0 aliphatic heterocycles. The Morgan fingerprint density at radius 1 is 1.55 bits per heavy atom. The SMILES string of the molecule is CON(C)C(=O)[C@H](C)[C@H](C)O. The van der Waals surface area contributed by atoms with Crippen molar-refractivity contribution >= 4 is 5.91 Å². The molecule has 4 heteroatoms. The highest BCUT2D eigenvalue weighted by Crippen LogP contribution is 2.05. The molecule has 2 atom stereocenters. The smallest absolute Gasteiger partial charge is 0.251 e. The first-order valence-electron chi connectivity index (χ1n) is 3.50. The number of aliphatic hydroxyl groups is 1. The fourth-order valence-corrected chi connectivity index (χ4v) is 0.583. The fourth-order valence-electron chi connectivity index (χ4n) is 0.583. The van der Waals surface area contributed by atoms with Crippen molar-refractivity contribution in [3.05, 3.63) is 0 Å². The van der Waals surface area contributed by atoms with Crippen molar-refractivity contribution in [2.75, 3.05) is 14.2 Å². The van der Waals surface area contributed by atoms with Crippen molar-refractivity contribution in [1.29, 1.82) is 0 Å². The van der Waals surface area contributed by atoms with E-state index in [0.717, 1.165) is 5.06 Å². The van der Waals surface area contributed by atoms with E-state index in [0.29, 0.717) is 0 Å². The number of aliphatic hydroxyl groups excluding tert-OH is 1. The predicted molar refractivity (Wildman–Crippen MR) is 40.6 cm³/mol. The maximum Gasteiger partial charge on any atom is 0.251 e. The van der Waals surface area contributed by atoms with Crippen molar-refractivity contribution in [2.24, 2.45) is 5.92 Å². The van der Waals surface area contributed by atoms with Gasteiger partial charge < -0.3 is 5.11 Å². The molecule has 0 heterocycles. The van der Waals surface area contributed by atoms with Gasteiger partial charge in [-0.3, -0.25) is 9.63 Å². The van der Waals surface area contributed by atoms with Gasteiger partial charge in [0, 0.05) is 7.05 Å². The van der Waals surface area contributed by atoms with E-state index in [1.54, 1.807) is 13.8 Å². The third kappa shape index (κ3) is 2.86. The van der Waals surface area contributed by atoms with E-state index in [1.165, 1.54) is 14.2 Å². The molecule has 0 aromatic heterocycles. The normalized spacial score (nSPS) is 15.7. The number of nitrogens with zero attached hydrogens (tertiary/aromatic N) is 1. The van der Waals surface area contributed by atoms with Crippen molar-refractivity contribution in [1.82, 2.24) is 5.06 Å². The van der Waals surface area contributed by atoms with Crippen LogP contribution in [0.1, 0.15) is 13.8 Å². The van der Waals surface area contributed by atoms with Gasteiger partial charge in [-0.1, -0.05) is 6.92 Å². The van der Waals surface area contributed by atoms with Crippen molar-refractivity contribution < 1.29 is 14.7 Å². The Labute approximate surface area is 66.7 Å².